The minimum atomic E-state index is -0.623. The lowest BCUT2D eigenvalue weighted by Gasteiger charge is -2.08. The summed E-state index contributed by atoms with van der Waals surface area (Å²) < 4.78 is 14.5. The van der Waals surface area contributed by atoms with Crippen molar-refractivity contribution in [3.63, 3.8) is 0 Å². The lowest BCUT2D eigenvalue weighted by Crippen LogP contribution is -2.01. The average Bonchev–Trinajstić information content (AvgIpc) is 3.16. The number of phenols is 1. The number of nitriles is 1. The highest BCUT2D eigenvalue weighted by Crippen LogP contribution is 2.52. The monoisotopic (exact) mass is 366 g/mol. The number of aromatic hydroxyl groups is 1. The minimum absolute atomic E-state index is 0.0365. The molecule has 132 valence electrons. The summed E-state index contributed by atoms with van der Waals surface area (Å²) in [6.07, 6.45) is 2.88. The first-order valence-electron chi connectivity index (χ1n) is 8.59. The zero-order valence-electron chi connectivity index (χ0n) is 14.4. The summed E-state index contributed by atoms with van der Waals surface area (Å²) in [6, 6.07) is 14.9. The summed E-state index contributed by atoms with van der Waals surface area (Å²) >= 11 is 0. The summed E-state index contributed by atoms with van der Waals surface area (Å²) in [5.74, 6) is -1.05. The van der Waals surface area contributed by atoms with Crippen molar-refractivity contribution in [2.24, 2.45) is 0 Å². The van der Waals surface area contributed by atoms with E-state index in [0.29, 0.717) is 39.1 Å². The maximum Gasteiger partial charge on any atom is 0.197 e. The number of ketones is 1. The predicted octanol–water partition coefficient (Wildman–Crippen LogP) is 4.51. The second-order valence-electron chi connectivity index (χ2n) is 6.53. The molecule has 0 fully saturated rings. The Hall–Kier alpha value is -4.04. The van der Waals surface area contributed by atoms with Crippen molar-refractivity contribution < 1.29 is 14.3 Å². The first-order valence-corrected chi connectivity index (χ1v) is 8.59. The van der Waals surface area contributed by atoms with Crippen molar-refractivity contribution in [2.75, 3.05) is 0 Å². The molecule has 0 unspecified atom stereocenters. The molecule has 2 aliphatic rings. The van der Waals surface area contributed by atoms with Gasteiger partial charge in [-0.15, -0.1) is 0 Å². The van der Waals surface area contributed by atoms with Gasteiger partial charge >= 0.3 is 0 Å². The lowest BCUT2D eigenvalue weighted by atomic mass is 9.93. The molecule has 0 radical (unpaired) electrons. The molecule has 4 nitrogen and oxygen atoms in total. The Morgan fingerprint density at radius 1 is 0.964 bits per heavy atom. The van der Waals surface area contributed by atoms with Crippen molar-refractivity contribution >= 4 is 16.9 Å². The number of halogens is 1. The molecule has 0 saturated heterocycles. The fraction of sp³-hybridized carbons (Fsp3) is 0. The number of Topliss-reactive ketones (excluding diaryl/α,β-unsaturated/α-hetero) is 1. The van der Waals surface area contributed by atoms with E-state index < -0.39 is 11.6 Å². The summed E-state index contributed by atoms with van der Waals surface area (Å²) in [6.45, 7) is 0. The van der Waals surface area contributed by atoms with Gasteiger partial charge in [0.15, 0.2) is 5.78 Å². The maximum absolute atomic E-state index is 14.5. The number of benzene rings is 2. The van der Waals surface area contributed by atoms with Crippen molar-refractivity contribution in [1.29, 1.82) is 5.26 Å². The van der Waals surface area contributed by atoms with Gasteiger partial charge in [0.1, 0.15) is 11.6 Å². The second kappa shape index (κ2) is 5.73. The van der Waals surface area contributed by atoms with Gasteiger partial charge in [-0.2, -0.15) is 5.26 Å². The first kappa shape index (κ1) is 16.2. The van der Waals surface area contributed by atoms with Crippen LogP contribution in [-0.2, 0) is 0 Å². The number of rotatable bonds is 0. The highest BCUT2D eigenvalue weighted by molar-refractivity contribution is 6.32. The van der Waals surface area contributed by atoms with Gasteiger partial charge < -0.3 is 5.11 Å². The van der Waals surface area contributed by atoms with Crippen LogP contribution in [0.1, 0.15) is 27.0 Å². The van der Waals surface area contributed by atoms with Crippen LogP contribution in [0.5, 0.6) is 5.75 Å². The third-order valence-electron chi connectivity index (χ3n) is 5.11. The molecule has 28 heavy (non-hydrogen) atoms. The normalized spacial score (nSPS) is 18.0. The Kier molecular flexibility index (Phi) is 3.31. The molecule has 0 bridgehead atoms. The SMILES string of the molecule is N#CC=C1/C(=C2/c3cccnc3-c3c(O)cccc32)C(=O)c2c(F)cccc21. The molecule has 3 aromatic rings. The van der Waals surface area contributed by atoms with Crippen LogP contribution in [-0.4, -0.2) is 15.9 Å². The molecule has 5 rings (SSSR count). The van der Waals surface area contributed by atoms with Crippen LogP contribution in [0, 0.1) is 17.1 Å². The molecular formula is C23H11FN2O2. The van der Waals surface area contributed by atoms with E-state index in [-0.39, 0.29) is 16.9 Å². The van der Waals surface area contributed by atoms with E-state index in [1.807, 2.05) is 6.07 Å². The fourth-order valence-corrected chi connectivity index (χ4v) is 4.04. The fourth-order valence-electron chi connectivity index (χ4n) is 4.04. The quantitative estimate of drug-likeness (QED) is 0.367. The second-order valence-corrected chi connectivity index (χ2v) is 6.53. The van der Waals surface area contributed by atoms with Crippen molar-refractivity contribution in [3.05, 3.63) is 94.4 Å². The first-order chi connectivity index (χ1) is 13.6. The molecule has 5 heteroatoms. The number of fused-ring (bicyclic) bond motifs is 4. The average molecular weight is 366 g/mol. The van der Waals surface area contributed by atoms with Crippen molar-refractivity contribution in [2.45, 2.75) is 0 Å². The van der Waals surface area contributed by atoms with E-state index in [9.17, 15) is 19.6 Å². The Balaban J connectivity index is 1.95. The van der Waals surface area contributed by atoms with Gasteiger partial charge in [-0.05, 0) is 29.3 Å². The molecule has 0 atom stereocenters. The lowest BCUT2D eigenvalue weighted by molar-refractivity contribution is 0.104. The Morgan fingerprint density at radius 3 is 2.54 bits per heavy atom. The molecule has 1 heterocycles. The van der Waals surface area contributed by atoms with Crippen molar-refractivity contribution in [3.8, 4) is 23.1 Å². The van der Waals surface area contributed by atoms with E-state index in [2.05, 4.69) is 4.98 Å². The van der Waals surface area contributed by atoms with Gasteiger partial charge in [0.05, 0.1) is 22.9 Å². The molecular weight excluding hydrogens is 355 g/mol. The maximum atomic E-state index is 14.5. The van der Waals surface area contributed by atoms with Gasteiger partial charge in [0.2, 0.25) is 0 Å². The van der Waals surface area contributed by atoms with Gasteiger partial charge in [0, 0.05) is 34.6 Å². The van der Waals surface area contributed by atoms with Crippen LogP contribution in [0.3, 0.4) is 0 Å². The van der Waals surface area contributed by atoms with Crippen LogP contribution in [0.25, 0.3) is 22.4 Å². The predicted molar refractivity (Wildman–Crippen MR) is 102 cm³/mol. The zero-order valence-corrected chi connectivity index (χ0v) is 14.4. The zero-order chi connectivity index (χ0) is 19.4. The van der Waals surface area contributed by atoms with E-state index in [4.69, 9.17) is 0 Å². The minimum Gasteiger partial charge on any atom is -0.507 e. The van der Waals surface area contributed by atoms with Crippen LogP contribution in [0.4, 0.5) is 4.39 Å². The van der Waals surface area contributed by atoms with E-state index in [1.165, 1.54) is 18.2 Å². The number of carbonyl (C=O) groups is 1. The van der Waals surface area contributed by atoms with Crippen LogP contribution in [0.2, 0.25) is 0 Å². The van der Waals surface area contributed by atoms with E-state index in [0.717, 1.165) is 0 Å². The largest absolute Gasteiger partial charge is 0.507 e. The van der Waals surface area contributed by atoms with Gasteiger partial charge in [-0.3, -0.25) is 9.78 Å². The topological polar surface area (TPSA) is 74.0 Å². The van der Waals surface area contributed by atoms with E-state index >= 15 is 0 Å². The molecule has 0 amide bonds. The summed E-state index contributed by atoms with van der Waals surface area (Å²) in [5.41, 5.74) is 3.92. The van der Waals surface area contributed by atoms with Crippen LogP contribution in [0.15, 0.2) is 66.4 Å². The molecule has 0 aliphatic heterocycles. The van der Waals surface area contributed by atoms with Gasteiger partial charge in [-0.25, -0.2) is 4.39 Å². The standard InChI is InChI=1S/C23H11FN2O2/c24-16-7-1-4-12-13(9-10-25)21(23(28)19(12)16)18-14-5-2-8-17(27)20(14)22-15(18)6-3-11-26-22/h1-9,11,27H/b13-9?,21-18-. The van der Waals surface area contributed by atoms with Crippen molar-refractivity contribution in [1.82, 2.24) is 4.98 Å². The third kappa shape index (κ3) is 1.97. The molecule has 1 aromatic heterocycles. The molecule has 0 saturated carbocycles. The van der Waals surface area contributed by atoms with Crippen LogP contribution >= 0.6 is 0 Å². The Bertz CT molecular complexity index is 1310. The number of hydrogen-bond donors (Lipinski definition) is 1. The highest BCUT2D eigenvalue weighted by Gasteiger charge is 2.39. The number of nitrogens with zero attached hydrogens (tertiary/aromatic N) is 2. The number of allylic oxidation sites excluding steroid dienone is 3. The molecule has 0 spiro atoms. The molecule has 2 aromatic carbocycles. The number of pyridine rings is 1. The number of hydrogen-bond acceptors (Lipinski definition) is 4. The Labute approximate surface area is 159 Å². The summed E-state index contributed by atoms with van der Waals surface area (Å²) in [7, 11) is 0. The Morgan fingerprint density at radius 2 is 1.71 bits per heavy atom. The van der Waals surface area contributed by atoms with Gasteiger partial charge in [0.25, 0.3) is 0 Å². The molecule has 1 N–H and O–H groups in total. The van der Waals surface area contributed by atoms with Gasteiger partial charge in [-0.1, -0.05) is 30.3 Å². The van der Waals surface area contributed by atoms with E-state index in [1.54, 1.807) is 42.6 Å². The highest BCUT2D eigenvalue weighted by atomic mass is 19.1. The number of phenolic OH excluding ortho intramolecular Hbond substituents is 1. The smallest absolute Gasteiger partial charge is 0.197 e. The number of aromatic nitrogens is 1. The number of carbonyl (C=O) groups excluding carboxylic acids is 1. The summed E-state index contributed by atoms with van der Waals surface area (Å²) in [4.78, 5) is 17.6. The van der Waals surface area contributed by atoms with Crippen LogP contribution < -0.4 is 0 Å². The third-order valence-corrected chi connectivity index (χ3v) is 5.11. The summed E-state index contributed by atoms with van der Waals surface area (Å²) in [5, 5.41) is 19.7. The molecule has 2 aliphatic carbocycles.